The third kappa shape index (κ3) is 0.637. The van der Waals surface area contributed by atoms with Gasteiger partial charge in [-0.15, -0.1) is 5.10 Å². The molecule has 0 N–H and O–H groups in total. The Morgan fingerprint density at radius 3 is 3.30 bits per heavy atom. The molecule has 0 saturated carbocycles. The van der Waals surface area contributed by atoms with Crippen LogP contribution < -0.4 is 0 Å². The van der Waals surface area contributed by atoms with Gasteiger partial charge in [0, 0.05) is 11.8 Å². The van der Waals surface area contributed by atoms with E-state index in [1.165, 1.54) is 4.52 Å². The minimum atomic E-state index is 0.729. The first-order chi connectivity index (χ1) is 4.86. The van der Waals surface area contributed by atoms with Crippen LogP contribution in [0.4, 0.5) is 0 Å². The summed E-state index contributed by atoms with van der Waals surface area (Å²) < 4.78 is 1.52. The van der Waals surface area contributed by atoms with Crippen LogP contribution in [0.5, 0.6) is 0 Å². The van der Waals surface area contributed by atoms with Crippen LogP contribution in [0.25, 0.3) is 5.65 Å². The van der Waals surface area contributed by atoms with Gasteiger partial charge in [0.25, 0.3) is 0 Å². The molecule has 0 aliphatic rings. The number of aromatic nitrogens is 5. The van der Waals surface area contributed by atoms with E-state index in [0.29, 0.717) is 0 Å². The Kier molecular flexibility index (Phi) is 0.913. The Labute approximate surface area is 56.7 Å². The maximum atomic E-state index is 4.00. The third-order valence-corrected chi connectivity index (χ3v) is 1.23. The van der Waals surface area contributed by atoms with Crippen LogP contribution in [0.1, 0.15) is 5.69 Å². The second kappa shape index (κ2) is 1.73. The Hall–Kier alpha value is -1.52. The van der Waals surface area contributed by atoms with Crippen molar-refractivity contribution in [3.8, 4) is 0 Å². The SMILES string of the molecule is Cc1cc2nnnn2cn1. The highest BCUT2D eigenvalue weighted by Gasteiger charge is 1.94. The zero-order valence-electron chi connectivity index (χ0n) is 5.39. The minimum Gasteiger partial charge on any atom is -0.241 e. The molecule has 0 radical (unpaired) electrons. The molecule has 0 unspecified atom stereocenters. The molecule has 2 aromatic rings. The second-order valence-corrected chi connectivity index (χ2v) is 2.01. The first kappa shape index (κ1) is 5.28. The molecule has 5 heteroatoms. The number of fused-ring (bicyclic) bond motifs is 1. The molecule has 2 heterocycles. The molecule has 0 spiro atoms. The van der Waals surface area contributed by atoms with E-state index >= 15 is 0 Å². The van der Waals surface area contributed by atoms with Gasteiger partial charge >= 0.3 is 0 Å². The van der Waals surface area contributed by atoms with Gasteiger partial charge in [0.1, 0.15) is 6.33 Å². The summed E-state index contributed by atoms with van der Waals surface area (Å²) in [6, 6.07) is 1.82. The maximum Gasteiger partial charge on any atom is 0.182 e. The summed E-state index contributed by atoms with van der Waals surface area (Å²) in [7, 11) is 0. The van der Waals surface area contributed by atoms with E-state index in [9.17, 15) is 0 Å². The van der Waals surface area contributed by atoms with Crippen LogP contribution in [-0.2, 0) is 0 Å². The first-order valence-corrected chi connectivity index (χ1v) is 2.86. The fourth-order valence-corrected chi connectivity index (χ4v) is 0.748. The topological polar surface area (TPSA) is 56.0 Å². The summed E-state index contributed by atoms with van der Waals surface area (Å²) in [5.41, 5.74) is 1.65. The standard InChI is InChI=1S/C5H5N5/c1-4-2-5-7-8-9-10(5)3-6-4/h2-3H,1H3. The molecule has 0 atom stereocenters. The van der Waals surface area contributed by atoms with Gasteiger partial charge in [0.05, 0.1) is 0 Å². The molecule has 10 heavy (non-hydrogen) atoms. The maximum absolute atomic E-state index is 4.00. The fourth-order valence-electron chi connectivity index (χ4n) is 0.748. The quantitative estimate of drug-likeness (QED) is 0.503. The summed E-state index contributed by atoms with van der Waals surface area (Å²) in [5, 5.41) is 10.9. The smallest absolute Gasteiger partial charge is 0.182 e. The molecule has 0 amide bonds. The lowest BCUT2D eigenvalue weighted by Crippen LogP contribution is -1.90. The Morgan fingerprint density at radius 2 is 2.40 bits per heavy atom. The summed E-state index contributed by atoms with van der Waals surface area (Å²) in [4.78, 5) is 4.00. The Balaban J connectivity index is 2.86. The van der Waals surface area contributed by atoms with Crippen LogP contribution in [0.3, 0.4) is 0 Å². The van der Waals surface area contributed by atoms with Crippen LogP contribution in [0.2, 0.25) is 0 Å². The molecule has 0 fully saturated rings. The molecule has 0 saturated heterocycles. The summed E-state index contributed by atoms with van der Waals surface area (Å²) in [6.07, 6.45) is 1.59. The van der Waals surface area contributed by atoms with Crippen molar-refractivity contribution in [2.45, 2.75) is 6.92 Å². The number of aryl methyl sites for hydroxylation is 1. The second-order valence-electron chi connectivity index (χ2n) is 2.01. The van der Waals surface area contributed by atoms with Gasteiger partial charge < -0.3 is 0 Å². The molecular weight excluding hydrogens is 130 g/mol. The molecule has 0 bridgehead atoms. The van der Waals surface area contributed by atoms with E-state index in [1.54, 1.807) is 6.33 Å². The highest BCUT2D eigenvalue weighted by atomic mass is 15.5. The zero-order chi connectivity index (χ0) is 6.97. The van der Waals surface area contributed by atoms with Crippen LogP contribution in [0, 0.1) is 6.92 Å². The van der Waals surface area contributed by atoms with Crippen molar-refractivity contribution in [2.75, 3.05) is 0 Å². The summed E-state index contributed by atoms with van der Waals surface area (Å²) in [6.45, 7) is 1.90. The molecule has 2 rings (SSSR count). The predicted molar refractivity (Wildman–Crippen MR) is 33.3 cm³/mol. The monoisotopic (exact) mass is 135 g/mol. The lowest BCUT2D eigenvalue weighted by atomic mass is 10.4. The molecule has 0 aliphatic heterocycles. The molecule has 0 aliphatic carbocycles. The van der Waals surface area contributed by atoms with Gasteiger partial charge in [-0.2, -0.15) is 4.52 Å². The highest BCUT2D eigenvalue weighted by molar-refractivity contribution is 5.34. The van der Waals surface area contributed by atoms with Crippen LogP contribution in [0.15, 0.2) is 12.4 Å². The zero-order valence-corrected chi connectivity index (χ0v) is 5.39. The van der Waals surface area contributed by atoms with Crippen LogP contribution >= 0.6 is 0 Å². The lowest BCUT2D eigenvalue weighted by molar-refractivity contribution is 0.806. The third-order valence-electron chi connectivity index (χ3n) is 1.23. The number of hydrogen-bond acceptors (Lipinski definition) is 4. The molecule has 5 nitrogen and oxygen atoms in total. The van der Waals surface area contributed by atoms with E-state index in [4.69, 9.17) is 0 Å². The van der Waals surface area contributed by atoms with E-state index in [2.05, 4.69) is 20.5 Å². The predicted octanol–water partition coefficient (Wildman–Crippen LogP) is -0.172. The number of hydrogen-bond donors (Lipinski definition) is 0. The van der Waals surface area contributed by atoms with Crippen molar-refractivity contribution < 1.29 is 0 Å². The van der Waals surface area contributed by atoms with E-state index < -0.39 is 0 Å². The van der Waals surface area contributed by atoms with Crippen molar-refractivity contribution in [1.82, 2.24) is 25.0 Å². The largest absolute Gasteiger partial charge is 0.241 e. The van der Waals surface area contributed by atoms with Crippen molar-refractivity contribution in [1.29, 1.82) is 0 Å². The first-order valence-electron chi connectivity index (χ1n) is 2.86. The van der Waals surface area contributed by atoms with E-state index in [1.807, 2.05) is 13.0 Å². The summed E-state index contributed by atoms with van der Waals surface area (Å²) >= 11 is 0. The fraction of sp³-hybridized carbons (Fsp3) is 0.200. The average molecular weight is 135 g/mol. The number of tetrazole rings is 1. The van der Waals surface area contributed by atoms with Crippen molar-refractivity contribution in [3.05, 3.63) is 18.1 Å². The highest BCUT2D eigenvalue weighted by Crippen LogP contribution is 1.95. The van der Waals surface area contributed by atoms with Crippen molar-refractivity contribution in [2.24, 2.45) is 0 Å². The van der Waals surface area contributed by atoms with Gasteiger partial charge in [-0.1, -0.05) is 0 Å². The minimum absolute atomic E-state index is 0.729. The normalized spacial score (nSPS) is 10.5. The van der Waals surface area contributed by atoms with Gasteiger partial charge in [-0.3, -0.25) is 0 Å². The Bertz CT molecular complexity index is 352. The molecular formula is C5H5N5. The molecule has 2 aromatic heterocycles. The van der Waals surface area contributed by atoms with Gasteiger partial charge in [0.15, 0.2) is 5.65 Å². The molecule has 50 valence electrons. The van der Waals surface area contributed by atoms with E-state index in [-0.39, 0.29) is 0 Å². The van der Waals surface area contributed by atoms with Crippen molar-refractivity contribution >= 4 is 5.65 Å². The number of nitrogens with zero attached hydrogens (tertiary/aromatic N) is 5. The average Bonchev–Trinajstić information content (AvgIpc) is 2.33. The Morgan fingerprint density at radius 1 is 1.50 bits per heavy atom. The van der Waals surface area contributed by atoms with Crippen LogP contribution in [-0.4, -0.2) is 25.0 Å². The molecule has 0 aromatic carbocycles. The summed E-state index contributed by atoms with van der Waals surface area (Å²) in [5.74, 6) is 0. The lowest BCUT2D eigenvalue weighted by Gasteiger charge is -1.88. The van der Waals surface area contributed by atoms with Gasteiger partial charge in [-0.05, 0) is 17.4 Å². The van der Waals surface area contributed by atoms with Crippen molar-refractivity contribution in [3.63, 3.8) is 0 Å². The number of rotatable bonds is 0. The van der Waals surface area contributed by atoms with Gasteiger partial charge in [0.2, 0.25) is 0 Å². The van der Waals surface area contributed by atoms with Gasteiger partial charge in [-0.25, -0.2) is 4.98 Å². The van der Waals surface area contributed by atoms with E-state index in [0.717, 1.165) is 11.3 Å².